The van der Waals surface area contributed by atoms with Gasteiger partial charge in [0, 0.05) is 17.8 Å². The maximum atomic E-state index is 12.2. The van der Waals surface area contributed by atoms with Gasteiger partial charge in [0.2, 0.25) is 0 Å². The van der Waals surface area contributed by atoms with Crippen molar-refractivity contribution in [1.29, 1.82) is 0 Å². The van der Waals surface area contributed by atoms with Gasteiger partial charge in [-0.25, -0.2) is 9.78 Å². The molecule has 0 aliphatic carbocycles. The Kier molecular flexibility index (Phi) is 3.57. The highest BCUT2D eigenvalue weighted by Gasteiger charge is 2.11. The molecule has 4 rings (SSSR count). The SMILES string of the molecule is CCc1cc2c(=O)[nH]c(CCn3c(=O)oc4ccccc43)nc2s1. The van der Waals surface area contributed by atoms with E-state index < -0.39 is 5.76 Å². The molecule has 0 bridgehead atoms. The fourth-order valence-corrected chi connectivity index (χ4v) is 3.75. The van der Waals surface area contributed by atoms with E-state index in [4.69, 9.17) is 4.42 Å². The second kappa shape index (κ2) is 5.76. The van der Waals surface area contributed by atoms with Crippen molar-refractivity contribution >= 4 is 32.7 Å². The molecule has 1 aromatic carbocycles. The van der Waals surface area contributed by atoms with Gasteiger partial charge in [-0.05, 0) is 24.6 Å². The van der Waals surface area contributed by atoms with Crippen molar-refractivity contribution < 1.29 is 4.42 Å². The first kappa shape index (κ1) is 14.9. The minimum absolute atomic E-state index is 0.129. The Morgan fingerprint density at radius 1 is 1.29 bits per heavy atom. The lowest BCUT2D eigenvalue weighted by atomic mass is 10.3. The summed E-state index contributed by atoms with van der Waals surface area (Å²) in [5.74, 6) is 0.179. The lowest BCUT2D eigenvalue weighted by Crippen LogP contribution is -2.18. The highest BCUT2D eigenvalue weighted by atomic mass is 32.1. The fraction of sp³-hybridized carbons (Fsp3) is 0.235. The van der Waals surface area contributed by atoms with Gasteiger partial charge >= 0.3 is 5.76 Å². The lowest BCUT2D eigenvalue weighted by Gasteiger charge is -2.02. The Balaban J connectivity index is 1.68. The molecule has 0 saturated carbocycles. The van der Waals surface area contributed by atoms with E-state index >= 15 is 0 Å². The normalized spacial score (nSPS) is 11.5. The molecular weight excluding hydrogens is 326 g/mol. The second-order valence-corrected chi connectivity index (χ2v) is 6.65. The van der Waals surface area contributed by atoms with Gasteiger partial charge in [0.15, 0.2) is 5.58 Å². The molecule has 0 amide bonds. The zero-order chi connectivity index (χ0) is 16.7. The van der Waals surface area contributed by atoms with Gasteiger partial charge in [-0.2, -0.15) is 0 Å². The van der Waals surface area contributed by atoms with Crippen molar-refractivity contribution in [2.45, 2.75) is 26.3 Å². The number of H-pyrrole nitrogens is 1. The number of fused-ring (bicyclic) bond motifs is 2. The molecular formula is C17H15N3O3S. The Labute approximate surface area is 140 Å². The largest absolute Gasteiger partial charge is 0.419 e. The summed E-state index contributed by atoms with van der Waals surface area (Å²) in [5, 5.41) is 0.631. The second-order valence-electron chi connectivity index (χ2n) is 5.54. The highest BCUT2D eigenvalue weighted by Crippen LogP contribution is 2.21. The minimum Gasteiger partial charge on any atom is -0.408 e. The first-order valence-corrected chi connectivity index (χ1v) is 8.57. The number of oxazole rings is 1. The van der Waals surface area contributed by atoms with Crippen LogP contribution >= 0.6 is 11.3 Å². The molecule has 6 nitrogen and oxygen atoms in total. The van der Waals surface area contributed by atoms with Crippen molar-refractivity contribution in [3.63, 3.8) is 0 Å². The van der Waals surface area contributed by atoms with Crippen LogP contribution in [0.5, 0.6) is 0 Å². The molecule has 0 spiro atoms. The predicted molar refractivity (Wildman–Crippen MR) is 93.8 cm³/mol. The average molecular weight is 341 g/mol. The van der Waals surface area contributed by atoms with Crippen molar-refractivity contribution in [2.75, 3.05) is 0 Å². The zero-order valence-electron chi connectivity index (χ0n) is 13.0. The standard InChI is InChI=1S/C17H15N3O3S/c1-2-10-9-11-15(21)18-14(19-16(11)24-10)7-8-20-12-5-3-4-6-13(12)23-17(20)22/h3-6,9H,2,7-8H2,1H3,(H,18,19,21). The van der Waals surface area contributed by atoms with Crippen LogP contribution in [0.1, 0.15) is 17.6 Å². The first-order chi connectivity index (χ1) is 11.7. The maximum absolute atomic E-state index is 12.2. The molecule has 0 radical (unpaired) electrons. The monoisotopic (exact) mass is 341 g/mol. The Hall–Kier alpha value is -2.67. The first-order valence-electron chi connectivity index (χ1n) is 7.75. The van der Waals surface area contributed by atoms with Crippen LogP contribution in [0.3, 0.4) is 0 Å². The molecule has 7 heteroatoms. The molecule has 3 aromatic heterocycles. The molecule has 0 aliphatic rings. The van der Waals surface area contributed by atoms with Crippen LogP contribution in [0.25, 0.3) is 21.3 Å². The average Bonchev–Trinajstić information content (AvgIpc) is 3.13. The van der Waals surface area contributed by atoms with Gasteiger partial charge < -0.3 is 9.40 Å². The van der Waals surface area contributed by atoms with Gasteiger partial charge in [0.05, 0.1) is 10.9 Å². The topological polar surface area (TPSA) is 80.9 Å². The number of aromatic amines is 1. The molecule has 0 fully saturated rings. The smallest absolute Gasteiger partial charge is 0.408 e. The van der Waals surface area contributed by atoms with Crippen molar-refractivity contribution in [2.24, 2.45) is 0 Å². The summed E-state index contributed by atoms with van der Waals surface area (Å²) in [6.07, 6.45) is 1.33. The number of hydrogen-bond donors (Lipinski definition) is 1. The summed E-state index contributed by atoms with van der Waals surface area (Å²) in [4.78, 5) is 33.4. The van der Waals surface area contributed by atoms with E-state index in [1.165, 1.54) is 11.3 Å². The van der Waals surface area contributed by atoms with Crippen LogP contribution in [-0.2, 0) is 19.4 Å². The van der Waals surface area contributed by atoms with Gasteiger partial charge in [-0.3, -0.25) is 9.36 Å². The molecule has 24 heavy (non-hydrogen) atoms. The van der Waals surface area contributed by atoms with E-state index in [1.54, 1.807) is 10.6 Å². The Morgan fingerprint density at radius 3 is 2.96 bits per heavy atom. The highest BCUT2D eigenvalue weighted by molar-refractivity contribution is 7.18. The van der Waals surface area contributed by atoms with Crippen LogP contribution in [0.15, 0.2) is 44.3 Å². The molecule has 0 aliphatic heterocycles. The summed E-state index contributed by atoms with van der Waals surface area (Å²) < 4.78 is 6.78. The molecule has 122 valence electrons. The molecule has 1 N–H and O–H groups in total. The third-order valence-corrected chi connectivity index (χ3v) is 5.17. The van der Waals surface area contributed by atoms with Crippen LogP contribution in [0.2, 0.25) is 0 Å². The zero-order valence-corrected chi connectivity index (χ0v) is 13.9. The van der Waals surface area contributed by atoms with Crippen LogP contribution < -0.4 is 11.3 Å². The number of nitrogens with zero attached hydrogens (tertiary/aromatic N) is 2. The third kappa shape index (κ3) is 2.46. The van der Waals surface area contributed by atoms with Gasteiger partial charge in [0.1, 0.15) is 10.7 Å². The van der Waals surface area contributed by atoms with E-state index in [0.29, 0.717) is 29.8 Å². The maximum Gasteiger partial charge on any atom is 0.419 e. The van der Waals surface area contributed by atoms with Crippen LogP contribution in [0.4, 0.5) is 0 Å². The number of benzene rings is 1. The minimum atomic E-state index is -0.399. The van der Waals surface area contributed by atoms with Crippen molar-refractivity contribution in [3.05, 3.63) is 61.9 Å². The van der Waals surface area contributed by atoms with Gasteiger partial charge in [-0.1, -0.05) is 19.1 Å². The number of hydrogen-bond acceptors (Lipinski definition) is 5. The number of rotatable bonds is 4. The van der Waals surface area contributed by atoms with Crippen molar-refractivity contribution in [1.82, 2.24) is 14.5 Å². The molecule has 3 heterocycles. The fourth-order valence-electron chi connectivity index (χ4n) is 2.76. The summed E-state index contributed by atoms with van der Waals surface area (Å²) in [7, 11) is 0. The number of thiophene rings is 1. The quantitative estimate of drug-likeness (QED) is 0.619. The number of aryl methyl sites for hydroxylation is 3. The number of para-hydroxylation sites is 2. The van der Waals surface area contributed by atoms with E-state index in [0.717, 1.165) is 21.6 Å². The van der Waals surface area contributed by atoms with Gasteiger partial charge in [0.25, 0.3) is 5.56 Å². The number of nitrogens with one attached hydrogen (secondary N) is 1. The summed E-state index contributed by atoms with van der Waals surface area (Å²) in [6.45, 7) is 2.45. The third-order valence-electron chi connectivity index (χ3n) is 4.00. The molecule has 0 saturated heterocycles. The molecule has 0 atom stereocenters. The van der Waals surface area contributed by atoms with E-state index in [9.17, 15) is 9.59 Å². The Bertz CT molecular complexity index is 1150. The Morgan fingerprint density at radius 2 is 2.12 bits per heavy atom. The summed E-state index contributed by atoms with van der Waals surface area (Å²) in [5.41, 5.74) is 1.18. The lowest BCUT2D eigenvalue weighted by molar-refractivity contribution is 0.503. The molecule has 0 unspecified atom stereocenters. The summed E-state index contributed by atoms with van der Waals surface area (Å²) >= 11 is 1.54. The van der Waals surface area contributed by atoms with Crippen LogP contribution in [0, 0.1) is 0 Å². The predicted octanol–water partition coefficient (Wildman–Crippen LogP) is 2.70. The van der Waals surface area contributed by atoms with E-state index in [2.05, 4.69) is 16.9 Å². The van der Waals surface area contributed by atoms with Gasteiger partial charge in [-0.15, -0.1) is 11.3 Å². The van der Waals surface area contributed by atoms with Crippen molar-refractivity contribution in [3.8, 4) is 0 Å². The van der Waals surface area contributed by atoms with Crippen LogP contribution in [-0.4, -0.2) is 14.5 Å². The summed E-state index contributed by atoms with van der Waals surface area (Å²) in [6, 6.07) is 9.18. The van der Waals surface area contributed by atoms with E-state index in [-0.39, 0.29) is 5.56 Å². The van der Waals surface area contributed by atoms with E-state index in [1.807, 2.05) is 24.3 Å². The molecule has 4 aromatic rings. The number of aromatic nitrogens is 3.